The number of benzene rings is 3. The second kappa shape index (κ2) is 7.82. The van der Waals surface area contributed by atoms with Crippen LogP contribution in [0.3, 0.4) is 0 Å². The van der Waals surface area contributed by atoms with Crippen LogP contribution in [0.4, 0.5) is 10.1 Å². The highest BCUT2D eigenvalue weighted by molar-refractivity contribution is 6.30. The monoisotopic (exact) mass is 393 g/mol. The molecule has 0 radical (unpaired) electrons. The van der Waals surface area contributed by atoms with E-state index in [1.165, 1.54) is 23.9 Å². The van der Waals surface area contributed by atoms with Gasteiger partial charge in [0.1, 0.15) is 5.82 Å². The molecule has 0 saturated heterocycles. The highest BCUT2D eigenvalue weighted by Crippen LogP contribution is 2.29. The number of anilines is 1. The third kappa shape index (κ3) is 4.05. The van der Waals surface area contributed by atoms with E-state index in [0.29, 0.717) is 16.1 Å². The second-order valence-electron chi connectivity index (χ2n) is 6.57. The van der Waals surface area contributed by atoms with E-state index in [0.717, 1.165) is 24.3 Å². The Morgan fingerprint density at radius 2 is 1.71 bits per heavy atom. The molecule has 1 aliphatic rings. The smallest absolute Gasteiger partial charge is 0.271 e. The summed E-state index contributed by atoms with van der Waals surface area (Å²) in [7, 11) is 0. The van der Waals surface area contributed by atoms with Gasteiger partial charge in [0.15, 0.2) is 0 Å². The minimum atomic E-state index is -0.313. The Labute approximate surface area is 167 Å². The number of hydrogen-bond acceptors (Lipinski definition) is 3. The Morgan fingerprint density at radius 3 is 2.46 bits per heavy atom. The summed E-state index contributed by atoms with van der Waals surface area (Å²) in [4.78, 5) is 14.6. The number of hydrogen-bond donors (Lipinski definition) is 1. The molecule has 0 aromatic heterocycles. The molecule has 4 rings (SSSR count). The largest absolute Gasteiger partial charge is 0.363 e. The first-order chi connectivity index (χ1) is 13.6. The molecule has 0 fully saturated rings. The Bertz CT molecular complexity index is 1030. The van der Waals surface area contributed by atoms with Gasteiger partial charge >= 0.3 is 0 Å². The minimum Gasteiger partial charge on any atom is -0.363 e. The van der Waals surface area contributed by atoms with E-state index in [4.69, 9.17) is 11.6 Å². The quantitative estimate of drug-likeness (QED) is 0.513. The lowest BCUT2D eigenvalue weighted by Gasteiger charge is -2.17. The molecule has 0 atom stereocenters. The molecule has 1 aliphatic heterocycles. The van der Waals surface area contributed by atoms with E-state index in [1.807, 2.05) is 36.4 Å². The molecular formula is C22H17ClFN3O. The Balaban J connectivity index is 1.42. The summed E-state index contributed by atoms with van der Waals surface area (Å²) < 4.78 is 12.9. The zero-order valence-electron chi connectivity index (χ0n) is 14.9. The van der Waals surface area contributed by atoms with Crippen molar-refractivity contribution in [3.8, 4) is 0 Å². The Hall–Kier alpha value is -3.18. The van der Waals surface area contributed by atoms with Crippen molar-refractivity contribution < 1.29 is 9.18 Å². The van der Waals surface area contributed by atoms with Gasteiger partial charge in [-0.15, -0.1) is 0 Å². The van der Waals surface area contributed by atoms with Crippen LogP contribution in [0.25, 0.3) is 0 Å². The fraction of sp³-hybridized carbons (Fsp3) is 0.0909. The lowest BCUT2D eigenvalue weighted by Crippen LogP contribution is -2.17. The molecule has 0 saturated carbocycles. The topological polar surface area (TPSA) is 44.7 Å². The van der Waals surface area contributed by atoms with Crippen LogP contribution in [0, 0.1) is 5.82 Å². The number of halogens is 2. The molecule has 0 bridgehead atoms. The first-order valence-corrected chi connectivity index (χ1v) is 9.17. The van der Waals surface area contributed by atoms with Crippen LogP contribution >= 0.6 is 11.6 Å². The van der Waals surface area contributed by atoms with Gasteiger partial charge in [0.25, 0.3) is 5.91 Å². The molecule has 0 aliphatic carbocycles. The van der Waals surface area contributed by atoms with Gasteiger partial charge in [0, 0.05) is 29.4 Å². The molecular weight excluding hydrogens is 377 g/mol. The van der Waals surface area contributed by atoms with Crippen LogP contribution in [0.5, 0.6) is 0 Å². The predicted molar refractivity (Wildman–Crippen MR) is 109 cm³/mol. The van der Waals surface area contributed by atoms with Crippen LogP contribution in [0.1, 0.15) is 27.0 Å². The van der Waals surface area contributed by atoms with Gasteiger partial charge in [-0.05, 0) is 65.2 Å². The van der Waals surface area contributed by atoms with E-state index in [-0.39, 0.29) is 11.7 Å². The van der Waals surface area contributed by atoms with Gasteiger partial charge in [-0.3, -0.25) is 4.79 Å². The summed E-state index contributed by atoms with van der Waals surface area (Å²) in [5, 5.41) is 4.65. The van der Waals surface area contributed by atoms with Crippen LogP contribution < -0.4 is 10.3 Å². The number of carbonyl (C=O) groups is 1. The fourth-order valence-electron chi connectivity index (χ4n) is 3.15. The van der Waals surface area contributed by atoms with E-state index in [9.17, 15) is 9.18 Å². The summed E-state index contributed by atoms with van der Waals surface area (Å²) in [5.41, 5.74) is 7.17. The lowest BCUT2D eigenvalue weighted by atomic mass is 10.1. The molecule has 1 amide bonds. The maximum Gasteiger partial charge on any atom is 0.271 e. The molecule has 0 spiro atoms. The third-order valence-electron chi connectivity index (χ3n) is 4.63. The first-order valence-electron chi connectivity index (χ1n) is 8.80. The van der Waals surface area contributed by atoms with Gasteiger partial charge in [0.2, 0.25) is 0 Å². The van der Waals surface area contributed by atoms with Crippen molar-refractivity contribution in [2.24, 2.45) is 5.10 Å². The summed E-state index contributed by atoms with van der Waals surface area (Å²) in [6.45, 7) is 1.53. The number of hydrazone groups is 1. The maximum absolute atomic E-state index is 12.9. The van der Waals surface area contributed by atoms with Crippen LogP contribution in [-0.2, 0) is 13.1 Å². The predicted octanol–water partition coefficient (Wildman–Crippen LogP) is 4.76. The number of fused-ring (bicyclic) bond motifs is 1. The number of nitrogens with one attached hydrogen (secondary N) is 1. The average molecular weight is 394 g/mol. The second-order valence-corrected chi connectivity index (χ2v) is 7.00. The van der Waals surface area contributed by atoms with Gasteiger partial charge in [0.05, 0.1) is 6.21 Å². The van der Waals surface area contributed by atoms with Crippen molar-refractivity contribution >= 4 is 29.4 Å². The first kappa shape index (κ1) is 18.2. The van der Waals surface area contributed by atoms with E-state index in [2.05, 4.69) is 15.4 Å². The highest BCUT2D eigenvalue weighted by Gasteiger charge is 2.20. The molecule has 3 aromatic carbocycles. The molecule has 0 unspecified atom stereocenters. The zero-order chi connectivity index (χ0) is 19.5. The van der Waals surface area contributed by atoms with Crippen molar-refractivity contribution in [3.05, 3.63) is 99.8 Å². The lowest BCUT2D eigenvalue weighted by molar-refractivity contribution is 0.0955. The number of rotatable bonds is 4. The Kier molecular flexibility index (Phi) is 5.08. The normalized spacial score (nSPS) is 13.0. The van der Waals surface area contributed by atoms with Gasteiger partial charge in [-0.2, -0.15) is 5.10 Å². The molecule has 1 heterocycles. The standard InChI is InChI=1S/C22H17ClFN3O/c23-19-5-9-21(10-6-19)27-13-17-4-3-16(11-18(17)14-27)22(28)26-25-12-15-1-7-20(24)8-2-15/h1-12H,13-14H2,(H,26,28)/b25-12+. The van der Waals surface area contributed by atoms with E-state index in [1.54, 1.807) is 18.2 Å². The number of nitrogens with zero attached hydrogens (tertiary/aromatic N) is 2. The Morgan fingerprint density at radius 1 is 1.00 bits per heavy atom. The number of amides is 1. The molecule has 3 aromatic rings. The van der Waals surface area contributed by atoms with Gasteiger partial charge < -0.3 is 4.90 Å². The fourth-order valence-corrected chi connectivity index (χ4v) is 3.28. The summed E-state index contributed by atoms with van der Waals surface area (Å²) in [6, 6.07) is 19.3. The summed E-state index contributed by atoms with van der Waals surface area (Å²) >= 11 is 5.96. The number of carbonyl (C=O) groups excluding carboxylic acids is 1. The highest BCUT2D eigenvalue weighted by atomic mass is 35.5. The average Bonchev–Trinajstić information content (AvgIpc) is 3.13. The SMILES string of the molecule is O=C(N/N=C/c1ccc(F)cc1)c1ccc2c(c1)CN(c1ccc(Cl)cc1)C2. The van der Waals surface area contributed by atoms with Crippen LogP contribution in [0.15, 0.2) is 71.8 Å². The van der Waals surface area contributed by atoms with Crippen molar-refractivity contribution in [2.75, 3.05) is 4.90 Å². The minimum absolute atomic E-state index is 0.286. The van der Waals surface area contributed by atoms with Gasteiger partial charge in [-0.1, -0.05) is 29.8 Å². The maximum atomic E-state index is 12.9. The van der Waals surface area contributed by atoms with Crippen LogP contribution in [-0.4, -0.2) is 12.1 Å². The third-order valence-corrected chi connectivity index (χ3v) is 4.88. The summed E-state index contributed by atoms with van der Waals surface area (Å²) in [5.74, 6) is -0.599. The van der Waals surface area contributed by atoms with Crippen molar-refractivity contribution in [3.63, 3.8) is 0 Å². The van der Waals surface area contributed by atoms with E-state index < -0.39 is 0 Å². The zero-order valence-corrected chi connectivity index (χ0v) is 15.7. The van der Waals surface area contributed by atoms with E-state index >= 15 is 0 Å². The van der Waals surface area contributed by atoms with Crippen LogP contribution in [0.2, 0.25) is 5.02 Å². The van der Waals surface area contributed by atoms with Gasteiger partial charge in [-0.25, -0.2) is 9.82 Å². The molecule has 1 N–H and O–H groups in total. The molecule has 28 heavy (non-hydrogen) atoms. The molecule has 4 nitrogen and oxygen atoms in total. The van der Waals surface area contributed by atoms with Crippen molar-refractivity contribution in [1.82, 2.24) is 5.43 Å². The molecule has 6 heteroatoms. The molecule has 140 valence electrons. The van der Waals surface area contributed by atoms with Crippen molar-refractivity contribution in [2.45, 2.75) is 13.1 Å². The summed E-state index contributed by atoms with van der Waals surface area (Å²) in [6.07, 6.45) is 1.48. The van der Waals surface area contributed by atoms with Crippen molar-refractivity contribution in [1.29, 1.82) is 0 Å².